The Labute approximate surface area is 221 Å². The van der Waals surface area contributed by atoms with Crippen molar-refractivity contribution in [1.82, 2.24) is 19.3 Å². The molecule has 0 spiro atoms. The molecule has 1 fully saturated rings. The SMILES string of the molecule is COCCOc1ccc2c(N3CCC(N(C)C)CC3)ccc(C(=O)Nc3cc(F)c4nc(C)cn4c3)c2n1. The van der Waals surface area contributed by atoms with Gasteiger partial charge in [-0.25, -0.2) is 14.4 Å². The molecule has 0 bridgehead atoms. The number of fused-ring (bicyclic) bond motifs is 2. The number of anilines is 2. The molecule has 38 heavy (non-hydrogen) atoms. The topological polar surface area (TPSA) is 84.2 Å². The van der Waals surface area contributed by atoms with E-state index in [-0.39, 0.29) is 11.6 Å². The van der Waals surface area contributed by atoms with Crippen LogP contribution < -0.4 is 15.0 Å². The summed E-state index contributed by atoms with van der Waals surface area (Å²) in [6.45, 7) is 4.39. The van der Waals surface area contributed by atoms with Crippen LogP contribution >= 0.6 is 0 Å². The number of imidazole rings is 1. The number of aromatic nitrogens is 3. The van der Waals surface area contributed by atoms with Gasteiger partial charge in [-0.15, -0.1) is 0 Å². The summed E-state index contributed by atoms with van der Waals surface area (Å²) in [5.41, 5.74) is 3.18. The molecule has 4 heterocycles. The third-order valence-corrected chi connectivity index (χ3v) is 7.01. The van der Waals surface area contributed by atoms with Crippen LogP contribution in [0.1, 0.15) is 28.9 Å². The maximum Gasteiger partial charge on any atom is 0.257 e. The Balaban J connectivity index is 1.49. The summed E-state index contributed by atoms with van der Waals surface area (Å²) in [7, 11) is 5.85. The number of hydrogen-bond acceptors (Lipinski definition) is 7. The number of pyridine rings is 2. The first-order valence-electron chi connectivity index (χ1n) is 12.8. The molecule has 0 unspecified atom stereocenters. The van der Waals surface area contributed by atoms with Crippen LogP contribution in [0.5, 0.6) is 5.88 Å². The van der Waals surface area contributed by atoms with Crippen molar-refractivity contribution in [2.24, 2.45) is 0 Å². The lowest BCUT2D eigenvalue weighted by molar-refractivity contribution is 0.102. The number of amides is 1. The van der Waals surface area contributed by atoms with Gasteiger partial charge in [-0.05, 0) is 52.1 Å². The summed E-state index contributed by atoms with van der Waals surface area (Å²) in [4.78, 5) is 27.0. The fourth-order valence-electron chi connectivity index (χ4n) is 5.02. The lowest BCUT2D eigenvalue weighted by atomic mass is 10.0. The third kappa shape index (κ3) is 5.27. The normalized spacial score (nSPS) is 14.5. The first kappa shape index (κ1) is 25.9. The maximum absolute atomic E-state index is 14.6. The Morgan fingerprint density at radius 2 is 1.92 bits per heavy atom. The van der Waals surface area contributed by atoms with Crippen LogP contribution in [0, 0.1) is 12.7 Å². The molecule has 10 heteroatoms. The van der Waals surface area contributed by atoms with Crippen molar-refractivity contribution in [3.05, 3.63) is 59.8 Å². The third-order valence-electron chi connectivity index (χ3n) is 7.01. The van der Waals surface area contributed by atoms with Gasteiger partial charge in [-0.3, -0.25) is 4.79 Å². The van der Waals surface area contributed by atoms with E-state index >= 15 is 0 Å². The fourth-order valence-corrected chi connectivity index (χ4v) is 5.02. The van der Waals surface area contributed by atoms with Crippen LogP contribution in [0.2, 0.25) is 0 Å². The highest BCUT2D eigenvalue weighted by atomic mass is 19.1. The molecular weight excluding hydrogens is 487 g/mol. The van der Waals surface area contributed by atoms with Gasteiger partial charge in [0.25, 0.3) is 5.91 Å². The van der Waals surface area contributed by atoms with Crippen LogP contribution in [0.4, 0.5) is 15.8 Å². The lowest BCUT2D eigenvalue weighted by Crippen LogP contribution is -2.42. The van der Waals surface area contributed by atoms with Gasteiger partial charge in [0, 0.05) is 61.8 Å². The number of methoxy groups -OCH3 is 1. The molecule has 4 aromatic rings. The first-order chi connectivity index (χ1) is 18.3. The van der Waals surface area contributed by atoms with Gasteiger partial charge >= 0.3 is 0 Å². The second-order valence-electron chi connectivity index (χ2n) is 9.85. The van der Waals surface area contributed by atoms with E-state index in [1.165, 1.54) is 6.07 Å². The van der Waals surface area contributed by atoms with Crippen LogP contribution in [0.15, 0.2) is 42.7 Å². The molecule has 9 nitrogen and oxygen atoms in total. The Hall–Kier alpha value is -3.76. The molecule has 1 N–H and O–H groups in total. The molecule has 1 saturated heterocycles. The average Bonchev–Trinajstić information content (AvgIpc) is 3.29. The van der Waals surface area contributed by atoms with Crippen molar-refractivity contribution in [3.63, 3.8) is 0 Å². The molecule has 1 amide bonds. The van der Waals surface area contributed by atoms with Crippen LogP contribution in [-0.4, -0.2) is 78.7 Å². The zero-order chi connectivity index (χ0) is 26.8. The van der Waals surface area contributed by atoms with Gasteiger partial charge in [0.05, 0.1) is 29.1 Å². The molecule has 1 aliphatic rings. The van der Waals surface area contributed by atoms with E-state index < -0.39 is 5.82 Å². The molecule has 1 aromatic carbocycles. The van der Waals surface area contributed by atoms with Crippen LogP contribution in [0.25, 0.3) is 16.6 Å². The summed E-state index contributed by atoms with van der Waals surface area (Å²) in [5, 5.41) is 3.70. The number of nitrogens with zero attached hydrogens (tertiary/aromatic N) is 5. The summed E-state index contributed by atoms with van der Waals surface area (Å²) in [5.74, 6) is -0.484. The summed E-state index contributed by atoms with van der Waals surface area (Å²) >= 11 is 0. The number of ether oxygens (including phenoxy) is 2. The molecule has 0 atom stereocenters. The van der Waals surface area contributed by atoms with Crippen LogP contribution in [-0.2, 0) is 4.74 Å². The monoisotopic (exact) mass is 520 g/mol. The number of carbonyl (C=O) groups is 1. The number of nitrogens with one attached hydrogen (secondary N) is 1. The predicted molar refractivity (Wildman–Crippen MR) is 146 cm³/mol. The molecular formula is C28H33FN6O3. The second kappa shape index (κ2) is 10.9. The number of rotatable bonds is 8. The largest absolute Gasteiger partial charge is 0.475 e. The van der Waals surface area contributed by atoms with Crippen molar-refractivity contribution in [1.29, 1.82) is 0 Å². The minimum atomic E-state index is -0.510. The van der Waals surface area contributed by atoms with E-state index in [1.54, 1.807) is 36.9 Å². The summed E-state index contributed by atoms with van der Waals surface area (Å²) in [6.07, 6.45) is 5.48. The smallest absolute Gasteiger partial charge is 0.257 e. The molecule has 1 aliphatic heterocycles. The number of carbonyl (C=O) groups excluding carboxylic acids is 1. The van der Waals surface area contributed by atoms with Crippen molar-refractivity contribution in [2.75, 3.05) is 57.7 Å². The minimum Gasteiger partial charge on any atom is -0.475 e. The zero-order valence-corrected chi connectivity index (χ0v) is 22.2. The van der Waals surface area contributed by atoms with Crippen molar-refractivity contribution in [3.8, 4) is 5.88 Å². The fraction of sp³-hybridized carbons (Fsp3) is 0.393. The van der Waals surface area contributed by atoms with Gasteiger partial charge in [0.15, 0.2) is 11.5 Å². The van der Waals surface area contributed by atoms with Crippen molar-refractivity contribution in [2.45, 2.75) is 25.8 Å². The van der Waals surface area contributed by atoms with E-state index in [1.807, 2.05) is 18.2 Å². The summed E-state index contributed by atoms with van der Waals surface area (Å²) in [6, 6.07) is 9.36. The number of benzene rings is 1. The van der Waals surface area contributed by atoms with Gasteiger partial charge in [0.2, 0.25) is 5.88 Å². The number of aryl methyl sites for hydroxylation is 1. The average molecular weight is 521 g/mol. The van der Waals surface area contributed by atoms with Crippen molar-refractivity contribution >= 4 is 33.8 Å². The predicted octanol–water partition coefficient (Wildman–Crippen LogP) is 4.14. The molecule has 3 aromatic heterocycles. The number of hydrogen-bond donors (Lipinski definition) is 1. The highest BCUT2D eigenvalue weighted by molar-refractivity contribution is 6.14. The molecule has 0 aliphatic carbocycles. The standard InChI is InChI=1S/C28H33FN6O3/c1-18-16-35-17-19(15-23(29)27(35)30-18)31-28(36)22-5-7-24(34-11-9-20(10-12-34)33(2)3)21-6-8-25(32-26(21)22)38-14-13-37-4/h5-8,15-17,20H,9-14H2,1-4H3,(H,31,36). The number of halogens is 1. The Morgan fingerprint density at radius 1 is 1.13 bits per heavy atom. The van der Waals surface area contributed by atoms with Crippen LogP contribution in [0.3, 0.4) is 0 Å². The molecule has 5 rings (SSSR count). The van der Waals surface area contributed by atoms with Gasteiger partial charge < -0.3 is 29.0 Å². The van der Waals surface area contributed by atoms with E-state index in [4.69, 9.17) is 14.5 Å². The Morgan fingerprint density at radius 3 is 2.66 bits per heavy atom. The minimum absolute atomic E-state index is 0.216. The quantitative estimate of drug-likeness (QED) is 0.350. The highest BCUT2D eigenvalue weighted by Crippen LogP contribution is 2.33. The highest BCUT2D eigenvalue weighted by Gasteiger charge is 2.24. The molecule has 0 radical (unpaired) electrons. The zero-order valence-electron chi connectivity index (χ0n) is 22.2. The lowest BCUT2D eigenvalue weighted by Gasteiger charge is -2.37. The Kier molecular flexibility index (Phi) is 7.44. The molecule has 200 valence electrons. The molecule has 0 saturated carbocycles. The van der Waals surface area contributed by atoms with E-state index in [0.717, 1.165) is 37.0 Å². The van der Waals surface area contributed by atoms with Gasteiger partial charge in [0.1, 0.15) is 6.61 Å². The summed E-state index contributed by atoms with van der Waals surface area (Å²) < 4.78 is 27.0. The maximum atomic E-state index is 14.6. The van der Waals surface area contributed by atoms with Crippen molar-refractivity contribution < 1.29 is 18.7 Å². The van der Waals surface area contributed by atoms with Gasteiger partial charge in [-0.2, -0.15) is 0 Å². The second-order valence-corrected chi connectivity index (χ2v) is 9.85. The number of piperidine rings is 1. The van der Waals surface area contributed by atoms with E-state index in [9.17, 15) is 9.18 Å². The van der Waals surface area contributed by atoms with Gasteiger partial charge in [-0.1, -0.05) is 0 Å². The van der Waals surface area contributed by atoms with E-state index in [2.05, 4.69) is 34.2 Å². The first-order valence-corrected chi connectivity index (χ1v) is 12.8. The Bertz CT molecular complexity index is 1460. The van der Waals surface area contributed by atoms with E-state index in [0.29, 0.717) is 47.6 Å².